The van der Waals surface area contributed by atoms with E-state index >= 15 is 0 Å². The van der Waals surface area contributed by atoms with Gasteiger partial charge in [0.05, 0.1) is 6.20 Å². The third kappa shape index (κ3) is 3.05. The third-order valence-electron chi connectivity index (χ3n) is 2.18. The summed E-state index contributed by atoms with van der Waals surface area (Å²) in [5.41, 5.74) is 0.858. The lowest BCUT2D eigenvalue weighted by Gasteiger charge is -2.06. The van der Waals surface area contributed by atoms with E-state index in [0.717, 1.165) is 16.7 Å². The van der Waals surface area contributed by atoms with Crippen molar-refractivity contribution in [3.8, 4) is 0 Å². The molecule has 2 nitrogen and oxygen atoms in total. The SMILES string of the molecule is CCC(C)c1cnn(CC(F)(F)F)c1. The quantitative estimate of drug-likeness (QED) is 0.743. The molecular formula is C9H13F3N2. The molecule has 0 radical (unpaired) electrons. The minimum atomic E-state index is -4.20. The van der Waals surface area contributed by atoms with Gasteiger partial charge in [0.25, 0.3) is 0 Å². The molecule has 0 bridgehead atoms. The van der Waals surface area contributed by atoms with Crippen molar-refractivity contribution in [3.63, 3.8) is 0 Å². The first-order valence-electron chi connectivity index (χ1n) is 4.51. The van der Waals surface area contributed by atoms with Gasteiger partial charge in [-0.1, -0.05) is 13.8 Å². The molecule has 0 fully saturated rings. The van der Waals surface area contributed by atoms with E-state index in [1.165, 1.54) is 12.4 Å². The minimum Gasteiger partial charge on any atom is -0.263 e. The summed E-state index contributed by atoms with van der Waals surface area (Å²) >= 11 is 0. The molecule has 0 spiro atoms. The van der Waals surface area contributed by atoms with Gasteiger partial charge in [0, 0.05) is 6.20 Å². The largest absolute Gasteiger partial charge is 0.408 e. The summed E-state index contributed by atoms with van der Waals surface area (Å²) in [5.74, 6) is 0.261. The minimum absolute atomic E-state index is 0.261. The van der Waals surface area contributed by atoms with Crippen LogP contribution in [0, 0.1) is 0 Å². The van der Waals surface area contributed by atoms with Gasteiger partial charge in [0.1, 0.15) is 6.54 Å². The molecule has 0 aliphatic carbocycles. The number of halogens is 3. The maximum atomic E-state index is 12.0. The Balaban J connectivity index is 2.69. The molecule has 1 rings (SSSR count). The van der Waals surface area contributed by atoms with Crippen LogP contribution in [0.1, 0.15) is 31.7 Å². The van der Waals surface area contributed by atoms with Gasteiger partial charge in [-0.3, -0.25) is 4.68 Å². The van der Waals surface area contributed by atoms with Gasteiger partial charge in [-0.05, 0) is 17.9 Å². The van der Waals surface area contributed by atoms with Crippen LogP contribution >= 0.6 is 0 Å². The Hall–Kier alpha value is -1.00. The molecule has 0 N–H and O–H groups in total. The Morgan fingerprint density at radius 1 is 1.50 bits per heavy atom. The van der Waals surface area contributed by atoms with Gasteiger partial charge in [-0.15, -0.1) is 0 Å². The van der Waals surface area contributed by atoms with Crippen molar-refractivity contribution in [2.75, 3.05) is 0 Å². The molecule has 5 heteroatoms. The molecule has 0 saturated carbocycles. The van der Waals surface area contributed by atoms with Crippen molar-refractivity contribution in [3.05, 3.63) is 18.0 Å². The smallest absolute Gasteiger partial charge is 0.263 e. The molecular weight excluding hydrogens is 193 g/mol. The second-order valence-corrected chi connectivity index (χ2v) is 3.40. The number of alkyl halides is 3. The highest BCUT2D eigenvalue weighted by Gasteiger charge is 2.28. The van der Waals surface area contributed by atoms with Crippen molar-refractivity contribution in [1.29, 1.82) is 0 Å². The Morgan fingerprint density at radius 3 is 2.64 bits per heavy atom. The highest BCUT2D eigenvalue weighted by atomic mass is 19.4. The van der Waals surface area contributed by atoms with E-state index in [1.54, 1.807) is 0 Å². The predicted molar refractivity (Wildman–Crippen MR) is 47.0 cm³/mol. The average Bonchev–Trinajstić information content (AvgIpc) is 2.48. The molecule has 1 atom stereocenters. The van der Waals surface area contributed by atoms with Gasteiger partial charge >= 0.3 is 6.18 Å². The van der Waals surface area contributed by atoms with E-state index in [-0.39, 0.29) is 5.92 Å². The van der Waals surface area contributed by atoms with Crippen molar-refractivity contribution in [2.24, 2.45) is 0 Å². The monoisotopic (exact) mass is 206 g/mol. The van der Waals surface area contributed by atoms with Crippen LogP contribution in [0.4, 0.5) is 13.2 Å². The summed E-state index contributed by atoms with van der Waals surface area (Å²) in [6.07, 6.45) is -0.335. The van der Waals surface area contributed by atoms with Crippen LogP contribution in [0.25, 0.3) is 0 Å². The van der Waals surface area contributed by atoms with Crippen LogP contribution in [0.3, 0.4) is 0 Å². The molecule has 0 aromatic carbocycles. The van der Waals surface area contributed by atoms with Gasteiger partial charge in [0.2, 0.25) is 0 Å². The fraction of sp³-hybridized carbons (Fsp3) is 0.667. The van der Waals surface area contributed by atoms with Crippen LogP contribution in [-0.4, -0.2) is 16.0 Å². The van der Waals surface area contributed by atoms with Gasteiger partial charge < -0.3 is 0 Å². The summed E-state index contributed by atoms with van der Waals surface area (Å²) in [4.78, 5) is 0. The van der Waals surface area contributed by atoms with Crippen molar-refractivity contribution < 1.29 is 13.2 Å². The normalized spacial score (nSPS) is 14.4. The molecule has 1 aromatic heterocycles. The molecule has 1 aromatic rings. The van der Waals surface area contributed by atoms with Crippen LogP contribution in [0.5, 0.6) is 0 Å². The van der Waals surface area contributed by atoms with E-state index in [2.05, 4.69) is 5.10 Å². The average molecular weight is 206 g/mol. The summed E-state index contributed by atoms with van der Waals surface area (Å²) in [5, 5.41) is 3.67. The second kappa shape index (κ2) is 4.02. The zero-order valence-corrected chi connectivity index (χ0v) is 8.17. The van der Waals surface area contributed by atoms with Gasteiger partial charge in [-0.2, -0.15) is 18.3 Å². The highest BCUT2D eigenvalue weighted by Crippen LogP contribution is 2.20. The standard InChI is InChI=1S/C9H13F3N2/c1-3-7(2)8-4-13-14(5-8)6-9(10,11)12/h4-5,7H,3,6H2,1-2H3. The number of aromatic nitrogens is 2. The topological polar surface area (TPSA) is 17.8 Å². The fourth-order valence-corrected chi connectivity index (χ4v) is 1.14. The summed E-state index contributed by atoms with van der Waals surface area (Å²) in [6, 6.07) is 0. The lowest BCUT2D eigenvalue weighted by atomic mass is 10.0. The highest BCUT2D eigenvalue weighted by molar-refractivity contribution is 5.09. The number of hydrogen-bond acceptors (Lipinski definition) is 1. The Kier molecular flexibility index (Phi) is 3.18. The van der Waals surface area contributed by atoms with Crippen molar-refractivity contribution in [2.45, 2.75) is 38.9 Å². The zero-order chi connectivity index (χ0) is 10.8. The summed E-state index contributed by atoms with van der Waals surface area (Å²) in [7, 11) is 0. The van der Waals surface area contributed by atoms with Crippen LogP contribution in [0.15, 0.2) is 12.4 Å². The number of nitrogens with zero attached hydrogens (tertiary/aromatic N) is 2. The van der Waals surface area contributed by atoms with Crippen LogP contribution in [0.2, 0.25) is 0 Å². The molecule has 14 heavy (non-hydrogen) atoms. The first-order valence-corrected chi connectivity index (χ1v) is 4.51. The van der Waals surface area contributed by atoms with Crippen molar-refractivity contribution in [1.82, 2.24) is 9.78 Å². The molecule has 0 saturated heterocycles. The maximum absolute atomic E-state index is 12.0. The van der Waals surface area contributed by atoms with Crippen molar-refractivity contribution >= 4 is 0 Å². The lowest BCUT2D eigenvalue weighted by Crippen LogP contribution is -2.17. The Bertz CT molecular complexity index is 290. The van der Waals surface area contributed by atoms with Crippen LogP contribution < -0.4 is 0 Å². The fourth-order valence-electron chi connectivity index (χ4n) is 1.14. The number of hydrogen-bond donors (Lipinski definition) is 0. The van der Waals surface area contributed by atoms with Crippen LogP contribution in [-0.2, 0) is 6.54 Å². The number of rotatable bonds is 3. The predicted octanol–water partition coefficient (Wildman–Crippen LogP) is 2.96. The van der Waals surface area contributed by atoms with E-state index in [4.69, 9.17) is 0 Å². The molecule has 0 aliphatic rings. The first kappa shape index (κ1) is 11.1. The van der Waals surface area contributed by atoms with E-state index in [0.29, 0.717) is 0 Å². The molecule has 0 amide bonds. The van der Waals surface area contributed by atoms with E-state index < -0.39 is 12.7 Å². The zero-order valence-electron chi connectivity index (χ0n) is 8.17. The van der Waals surface area contributed by atoms with Gasteiger partial charge in [-0.25, -0.2) is 0 Å². The molecule has 1 unspecified atom stereocenters. The molecule has 0 aliphatic heterocycles. The maximum Gasteiger partial charge on any atom is 0.408 e. The Labute approximate surface area is 80.7 Å². The molecule has 80 valence electrons. The summed E-state index contributed by atoms with van der Waals surface area (Å²) < 4.78 is 36.9. The van der Waals surface area contributed by atoms with E-state index in [1.807, 2.05) is 13.8 Å². The Morgan fingerprint density at radius 2 is 2.14 bits per heavy atom. The second-order valence-electron chi connectivity index (χ2n) is 3.40. The molecule has 1 heterocycles. The van der Waals surface area contributed by atoms with E-state index in [9.17, 15) is 13.2 Å². The lowest BCUT2D eigenvalue weighted by molar-refractivity contribution is -0.142. The first-order chi connectivity index (χ1) is 6.42. The van der Waals surface area contributed by atoms with Gasteiger partial charge in [0.15, 0.2) is 0 Å². The summed E-state index contributed by atoms with van der Waals surface area (Å²) in [6.45, 7) is 2.95. The third-order valence-corrected chi connectivity index (χ3v) is 2.18.